The highest BCUT2D eigenvalue weighted by atomic mass is 32.2. The maximum absolute atomic E-state index is 12.3. The summed E-state index contributed by atoms with van der Waals surface area (Å²) in [5, 5.41) is 17.8. The van der Waals surface area contributed by atoms with Crippen LogP contribution in [0, 0.1) is 0 Å². The first-order valence-corrected chi connectivity index (χ1v) is 11.8. The smallest absolute Gasteiger partial charge is 0.334 e. The molecule has 11 heteroatoms. The molecule has 31 heavy (non-hydrogen) atoms. The summed E-state index contributed by atoms with van der Waals surface area (Å²) in [6.07, 6.45) is 3.10. The van der Waals surface area contributed by atoms with Crippen molar-refractivity contribution >= 4 is 33.7 Å². The van der Waals surface area contributed by atoms with Crippen LogP contribution in [-0.2, 0) is 38.5 Å². The fourth-order valence-corrected chi connectivity index (χ4v) is 3.47. The fraction of sp³-hybridized carbons (Fsp3) is 0.600. The van der Waals surface area contributed by atoms with Gasteiger partial charge in [-0.1, -0.05) is 26.7 Å². The lowest BCUT2D eigenvalue weighted by Crippen LogP contribution is -2.19. The number of carboxylic acids is 2. The average Bonchev–Trinajstić information content (AvgIpc) is 2.68. The highest BCUT2D eigenvalue weighted by Crippen LogP contribution is 2.12. The molecule has 2 N–H and O–H groups in total. The number of carboxylic acid groups (broad SMARTS) is 2. The first-order chi connectivity index (χ1) is 14.5. The van der Waals surface area contributed by atoms with Gasteiger partial charge in [-0.2, -0.15) is 0 Å². The topological polar surface area (TPSA) is 161 Å². The zero-order chi connectivity index (χ0) is 23.9. The molecule has 0 radical (unpaired) electrons. The minimum absolute atomic E-state index is 0.0858. The summed E-state index contributed by atoms with van der Waals surface area (Å²) in [7, 11) is -3.84. The van der Waals surface area contributed by atoms with Crippen molar-refractivity contribution in [2.45, 2.75) is 52.4 Å². The molecule has 0 fully saturated rings. The molecule has 10 nitrogen and oxygen atoms in total. The molecule has 0 heterocycles. The predicted molar refractivity (Wildman–Crippen MR) is 111 cm³/mol. The zero-order valence-electron chi connectivity index (χ0n) is 17.8. The molecule has 0 rings (SSSR count). The Morgan fingerprint density at radius 1 is 0.742 bits per heavy atom. The third kappa shape index (κ3) is 14.0. The van der Waals surface area contributed by atoms with Crippen LogP contribution in [0.15, 0.2) is 23.3 Å². The summed E-state index contributed by atoms with van der Waals surface area (Å²) in [6, 6.07) is 0. The van der Waals surface area contributed by atoms with E-state index in [-0.39, 0.29) is 24.4 Å². The molecular weight excluding hydrogens is 432 g/mol. The van der Waals surface area contributed by atoms with Crippen molar-refractivity contribution in [2.24, 2.45) is 0 Å². The van der Waals surface area contributed by atoms with E-state index in [4.69, 9.17) is 19.7 Å². The van der Waals surface area contributed by atoms with Crippen LogP contribution in [0.1, 0.15) is 52.4 Å². The summed E-state index contributed by atoms with van der Waals surface area (Å²) < 4.78 is 34.5. The molecule has 0 aromatic rings. The van der Waals surface area contributed by atoms with Gasteiger partial charge in [0.15, 0.2) is 9.84 Å². The third-order valence-corrected chi connectivity index (χ3v) is 5.60. The van der Waals surface area contributed by atoms with Gasteiger partial charge in [-0.3, -0.25) is 0 Å². The SMILES string of the molecule is CCCCOC(=O)/C(=C/C(=O)O)CCS(=O)(=O)CC/C(=C\C(=O)O)C(=O)OCCCC. The highest BCUT2D eigenvalue weighted by molar-refractivity contribution is 7.91. The van der Waals surface area contributed by atoms with Crippen LogP contribution in [-0.4, -0.2) is 67.2 Å². The van der Waals surface area contributed by atoms with Crippen molar-refractivity contribution in [2.75, 3.05) is 24.7 Å². The zero-order valence-corrected chi connectivity index (χ0v) is 18.6. The van der Waals surface area contributed by atoms with Crippen LogP contribution in [0.25, 0.3) is 0 Å². The third-order valence-electron chi connectivity index (χ3n) is 3.95. The van der Waals surface area contributed by atoms with Crippen LogP contribution in [0.3, 0.4) is 0 Å². The van der Waals surface area contributed by atoms with E-state index in [0.29, 0.717) is 25.0 Å². The number of carbonyl (C=O) groups excluding carboxylic acids is 2. The van der Waals surface area contributed by atoms with Crippen molar-refractivity contribution in [1.29, 1.82) is 0 Å². The molecule has 0 saturated carbocycles. The van der Waals surface area contributed by atoms with Gasteiger partial charge >= 0.3 is 23.9 Å². The standard InChI is InChI=1S/C20H30O10S/c1-3-5-9-29-19(25)15(13-17(21)22)7-11-31(27,28)12-8-16(14-18(23)24)20(26)30-10-6-4-2/h13-14H,3-12H2,1-2H3,(H,21,22)(H,23,24)/b15-13+,16-14+. The second kappa shape index (κ2) is 15.2. The molecule has 0 amide bonds. The Kier molecular flexibility index (Phi) is 13.8. The minimum Gasteiger partial charge on any atom is -0.478 e. The normalized spacial score (nSPS) is 12.3. The van der Waals surface area contributed by atoms with E-state index < -0.39 is 58.1 Å². The van der Waals surface area contributed by atoms with Gasteiger partial charge < -0.3 is 19.7 Å². The van der Waals surface area contributed by atoms with Crippen LogP contribution in [0.5, 0.6) is 0 Å². The van der Waals surface area contributed by atoms with E-state index in [1.807, 2.05) is 13.8 Å². The number of sulfone groups is 1. The number of ether oxygens (including phenoxy) is 2. The number of rotatable bonds is 16. The van der Waals surface area contributed by atoms with Crippen molar-refractivity contribution in [3.05, 3.63) is 23.3 Å². The lowest BCUT2D eigenvalue weighted by atomic mass is 10.2. The van der Waals surface area contributed by atoms with Crippen molar-refractivity contribution in [3.8, 4) is 0 Å². The number of esters is 2. The summed E-state index contributed by atoms with van der Waals surface area (Å²) in [4.78, 5) is 45.8. The van der Waals surface area contributed by atoms with Crippen LogP contribution >= 0.6 is 0 Å². The number of hydrogen-bond acceptors (Lipinski definition) is 8. The summed E-state index contributed by atoms with van der Waals surface area (Å²) in [6.45, 7) is 3.92. The summed E-state index contributed by atoms with van der Waals surface area (Å²) >= 11 is 0. The van der Waals surface area contributed by atoms with Crippen LogP contribution in [0.4, 0.5) is 0 Å². The number of hydrogen-bond donors (Lipinski definition) is 2. The van der Waals surface area contributed by atoms with Gasteiger partial charge in [-0.05, 0) is 25.7 Å². The number of carbonyl (C=O) groups is 4. The molecule has 0 unspecified atom stereocenters. The Labute approximate surface area is 181 Å². The Morgan fingerprint density at radius 3 is 1.39 bits per heavy atom. The number of unbranched alkanes of at least 4 members (excludes halogenated alkanes) is 2. The maximum Gasteiger partial charge on any atom is 0.334 e. The Morgan fingerprint density at radius 2 is 1.10 bits per heavy atom. The molecule has 0 aliphatic rings. The van der Waals surface area contributed by atoms with Gasteiger partial charge in [0, 0.05) is 23.3 Å². The Hall–Kier alpha value is -2.69. The van der Waals surface area contributed by atoms with E-state index in [0.717, 1.165) is 12.8 Å². The van der Waals surface area contributed by atoms with E-state index >= 15 is 0 Å². The molecule has 0 atom stereocenters. The predicted octanol–water partition coefficient (Wildman–Crippen LogP) is 1.89. The minimum atomic E-state index is -3.84. The molecule has 176 valence electrons. The molecule has 0 aliphatic heterocycles. The quantitative estimate of drug-likeness (QED) is 0.197. The van der Waals surface area contributed by atoms with Crippen molar-refractivity contribution in [1.82, 2.24) is 0 Å². The molecule has 0 bridgehead atoms. The van der Waals surface area contributed by atoms with Crippen LogP contribution < -0.4 is 0 Å². The van der Waals surface area contributed by atoms with E-state index in [1.54, 1.807) is 0 Å². The van der Waals surface area contributed by atoms with Gasteiger partial charge in [-0.25, -0.2) is 27.6 Å². The molecule has 0 aliphatic carbocycles. The Bertz CT molecular complexity index is 733. The maximum atomic E-state index is 12.3. The van der Waals surface area contributed by atoms with Gasteiger partial charge in [0.25, 0.3) is 0 Å². The molecule has 0 aromatic carbocycles. The average molecular weight is 463 g/mol. The molecule has 0 spiro atoms. The van der Waals surface area contributed by atoms with Gasteiger partial charge in [-0.15, -0.1) is 0 Å². The van der Waals surface area contributed by atoms with Gasteiger partial charge in [0.2, 0.25) is 0 Å². The van der Waals surface area contributed by atoms with Crippen molar-refractivity contribution in [3.63, 3.8) is 0 Å². The number of aliphatic carboxylic acids is 2. The van der Waals surface area contributed by atoms with E-state index in [9.17, 15) is 27.6 Å². The second-order valence-electron chi connectivity index (χ2n) is 6.65. The van der Waals surface area contributed by atoms with Gasteiger partial charge in [0.1, 0.15) is 0 Å². The van der Waals surface area contributed by atoms with Crippen LogP contribution in [0.2, 0.25) is 0 Å². The van der Waals surface area contributed by atoms with Crippen molar-refractivity contribution < 1.29 is 47.3 Å². The fourth-order valence-electron chi connectivity index (χ4n) is 2.20. The first kappa shape index (κ1) is 28.3. The molecular formula is C20H30O10S. The second-order valence-corrected chi connectivity index (χ2v) is 8.95. The van der Waals surface area contributed by atoms with E-state index in [2.05, 4.69) is 0 Å². The monoisotopic (exact) mass is 462 g/mol. The molecule has 0 saturated heterocycles. The first-order valence-electron chi connectivity index (χ1n) is 9.94. The largest absolute Gasteiger partial charge is 0.478 e. The van der Waals surface area contributed by atoms with Gasteiger partial charge in [0.05, 0.1) is 24.7 Å². The lowest BCUT2D eigenvalue weighted by molar-refractivity contribution is -0.140. The molecule has 0 aromatic heterocycles. The highest BCUT2D eigenvalue weighted by Gasteiger charge is 2.21. The summed E-state index contributed by atoms with van der Waals surface area (Å²) in [5.41, 5.74) is -0.597. The van der Waals surface area contributed by atoms with E-state index in [1.165, 1.54) is 0 Å². The lowest BCUT2D eigenvalue weighted by Gasteiger charge is -2.10. The summed E-state index contributed by atoms with van der Waals surface area (Å²) in [5.74, 6) is -5.78. The Balaban J connectivity index is 5.07.